The molecular weight excluding hydrogens is 368 g/mol. The summed E-state index contributed by atoms with van der Waals surface area (Å²) in [6, 6.07) is 6.67. The van der Waals surface area contributed by atoms with E-state index < -0.39 is 0 Å². The minimum atomic E-state index is -0.381. The summed E-state index contributed by atoms with van der Waals surface area (Å²) >= 11 is 0. The number of amides is 1. The Morgan fingerprint density at radius 1 is 1.32 bits per heavy atom. The second-order valence-corrected chi connectivity index (χ2v) is 6.33. The van der Waals surface area contributed by atoms with Crippen molar-refractivity contribution >= 4 is 36.4 Å². The second-order valence-electron chi connectivity index (χ2n) is 6.33. The number of ether oxygens (including phenoxy) is 1. The molecule has 2 saturated heterocycles. The van der Waals surface area contributed by atoms with Crippen molar-refractivity contribution in [3.8, 4) is 0 Å². The zero-order valence-corrected chi connectivity index (χ0v) is 15.7. The summed E-state index contributed by atoms with van der Waals surface area (Å²) in [6.45, 7) is 2.04. The van der Waals surface area contributed by atoms with Gasteiger partial charge in [-0.25, -0.2) is 4.39 Å². The Bertz CT molecular complexity index is 564. The number of halogens is 3. The molecule has 3 N–H and O–H groups in total. The molecule has 1 amide bonds. The van der Waals surface area contributed by atoms with Crippen LogP contribution in [-0.2, 0) is 9.53 Å². The highest BCUT2D eigenvalue weighted by Gasteiger charge is 2.31. The first kappa shape index (κ1) is 22.0. The molecule has 2 aliphatic heterocycles. The van der Waals surface area contributed by atoms with Crippen LogP contribution in [0.2, 0.25) is 0 Å². The quantitative estimate of drug-likeness (QED) is 0.822. The van der Waals surface area contributed by atoms with Gasteiger partial charge in [-0.15, -0.1) is 24.8 Å². The molecule has 1 aromatic rings. The largest absolute Gasteiger partial charge is 0.369 e. The number of hydrogen-bond acceptors (Lipinski definition) is 4. The number of rotatable bonds is 4. The van der Waals surface area contributed by atoms with E-state index in [9.17, 15) is 9.18 Å². The van der Waals surface area contributed by atoms with Gasteiger partial charge in [0.15, 0.2) is 0 Å². The van der Waals surface area contributed by atoms with Gasteiger partial charge in [-0.3, -0.25) is 4.79 Å². The molecule has 0 saturated carbocycles. The first-order chi connectivity index (χ1) is 11.2. The third-order valence-electron chi connectivity index (χ3n) is 4.60. The highest BCUT2D eigenvalue weighted by atomic mass is 35.5. The molecule has 0 aliphatic carbocycles. The van der Waals surface area contributed by atoms with E-state index in [1.807, 2.05) is 6.07 Å². The first-order valence-corrected chi connectivity index (χ1v) is 8.32. The molecule has 25 heavy (non-hydrogen) atoms. The van der Waals surface area contributed by atoms with E-state index in [2.05, 4.69) is 10.2 Å². The van der Waals surface area contributed by atoms with E-state index >= 15 is 0 Å². The summed E-state index contributed by atoms with van der Waals surface area (Å²) in [4.78, 5) is 14.4. The Balaban J connectivity index is 0.00000156. The fourth-order valence-corrected chi connectivity index (χ4v) is 3.37. The van der Waals surface area contributed by atoms with Gasteiger partial charge in [0, 0.05) is 31.4 Å². The fraction of sp³-hybridized carbons (Fsp3) is 0.588. The van der Waals surface area contributed by atoms with Gasteiger partial charge in [-0.05, 0) is 43.9 Å². The Kier molecular flexibility index (Phi) is 8.93. The van der Waals surface area contributed by atoms with Crippen LogP contribution in [-0.4, -0.2) is 43.8 Å². The number of piperidine rings is 1. The number of carbonyl (C=O) groups excluding carboxylic acids is 1. The lowest BCUT2D eigenvalue weighted by Gasteiger charge is -2.35. The van der Waals surface area contributed by atoms with Gasteiger partial charge in [0.25, 0.3) is 0 Å². The second kappa shape index (κ2) is 10.2. The summed E-state index contributed by atoms with van der Waals surface area (Å²) < 4.78 is 19.0. The fourth-order valence-electron chi connectivity index (χ4n) is 3.37. The van der Waals surface area contributed by atoms with Crippen LogP contribution in [0.4, 0.5) is 10.1 Å². The van der Waals surface area contributed by atoms with Crippen LogP contribution in [0.15, 0.2) is 24.3 Å². The van der Waals surface area contributed by atoms with Crippen molar-refractivity contribution in [2.24, 2.45) is 5.73 Å². The Morgan fingerprint density at radius 2 is 2.12 bits per heavy atom. The molecule has 2 fully saturated rings. The van der Waals surface area contributed by atoms with E-state index in [0.717, 1.165) is 37.9 Å². The molecule has 1 aromatic carbocycles. The average Bonchev–Trinajstić information content (AvgIpc) is 3.04. The molecule has 3 atom stereocenters. The van der Waals surface area contributed by atoms with Crippen molar-refractivity contribution in [3.63, 3.8) is 0 Å². The molecule has 0 radical (unpaired) electrons. The van der Waals surface area contributed by atoms with Crippen molar-refractivity contribution in [1.82, 2.24) is 5.32 Å². The van der Waals surface area contributed by atoms with Gasteiger partial charge in [0.05, 0.1) is 6.10 Å². The van der Waals surface area contributed by atoms with Crippen molar-refractivity contribution in [2.45, 2.75) is 43.9 Å². The molecule has 142 valence electrons. The van der Waals surface area contributed by atoms with Crippen molar-refractivity contribution in [2.75, 3.05) is 24.5 Å². The van der Waals surface area contributed by atoms with Crippen LogP contribution in [0, 0.1) is 5.82 Å². The topological polar surface area (TPSA) is 67.6 Å². The van der Waals surface area contributed by atoms with Crippen LogP contribution < -0.4 is 16.0 Å². The predicted molar refractivity (Wildman–Crippen MR) is 101 cm³/mol. The minimum absolute atomic E-state index is 0. The summed E-state index contributed by atoms with van der Waals surface area (Å²) in [7, 11) is 0. The zero-order valence-electron chi connectivity index (χ0n) is 14.0. The van der Waals surface area contributed by atoms with Gasteiger partial charge in [0.1, 0.15) is 11.9 Å². The van der Waals surface area contributed by atoms with E-state index in [1.165, 1.54) is 12.1 Å². The third kappa shape index (κ3) is 5.71. The van der Waals surface area contributed by atoms with Crippen LogP contribution in [0.5, 0.6) is 0 Å². The van der Waals surface area contributed by atoms with Gasteiger partial charge < -0.3 is 20.7 Å². The molecule has 3 rings (SSSR count). The number of nitrogens with zero attached hydrogens (tertiary/aromatic N) is 1. The molecule has 8 heteroatoms. The number of benzene rings is 1. The number of hydrogen-bond donors (Lipinski definition) is 2. The zero-order chi connectivity index (χ0) is 16.2. The Labute approximate surface area is 160 Å². The highest BCUT2D eigenvalue weighted by molar-refractivity contribution is 5.85. The Hall–Kier alpha value is -1.08. The number of anilines is 1. The maximum Gasteiger partial charge on any atom is 0.249 e. The number of carbonyl (C=O) groups is 1. The predicted octanol–water partition coefficient (Wildman–Crippen LogP) is 2.26. The van der Waals surface area contributed by atoms with E-state index in [4.69, 9.17) is 10.5 Å². The highest BCUT2D eigenvalue weighted by Crippen LogP contribution is 2.22. The summed E-state index contributed by atoms with van der Waals surface area (Å²) in [6.07, 6.45) is 3.10. The smallest absolute Gasteiger partial charge is 0.249 e. The third-order valence-corrected chi connectivity index (χ3v) is 4.60. The van der Waals surface area contributed by atoms with Crippen LogP contribution >= 0.6 is 24.8 Å². The van der Waals surface area contributed by atoms with Crippen molar-refractivity contribution in [3.05, 3.63) is 30.1 Å². The molecule has 1 unspecified atom stereocenters. The average molecular weight is 394 g/mol. The molecule has 0 bridgehead atoms. The van der Waals surface area contributed by atoms with Crippen LogP contribution in [0.25, 0.3) is 0 Å². The van der Waals surface area contributed by atoms with Crippen LogP contribution in [0.1, 0.15) is 25.7 Å². The summed E-state index contributed by atoms with van der Waals surface area (Å²) in [5.74, 6) is -0.284. The number of nitrogens with two attached hydrogens (primary N) is 1. The minimum Gasteiger partial charge on any atom is -0.369 e. The summed E-state index contributed by atoms with van der Waals surface area (Å²) in [5, 5.41) is 3.08. The molecule has 5 nitrogen and oxygen atoms in total. The number of nitrogens with one attached hydrogen (secondary N) is 1. The van der Waals surface area contributed by atoms with Gasteiger partial charge in [-0.1, -0.05) is 6.07 Å². The standard InChI is InChI=1S/C17H24FN3O2.2ClH/c18-12-3-1-5-14(9-12)21-8-2-4-13(11-21)20-17(22)16-7-6-15(10-19)23-16;;/h1,3,5,9,13,15-16H,2,4,6-8,10-11,19H2,(H,20,22);2*1H/t13?,15-,16+;;/m1../s1. The SMILES string of the molecule is Cl.Cl.NC[C@H]1CC[C@@H](C(=O)NC2CCCN(c3cccc(F)c3)C2)O1. The maximum absolute atomic E-state index is 13.4. The molecular formula is C17H26Cl2FN3O2. The van der Waals surface area contributed by atoms with E-state index in [0.29, 0.717) is 13.1 Å². The Morgan fingerprint density at radius 3 is 2.80 bits per heavy atom. The lowest BCUT2D eigenvalue weighted by atomic mass is 10.0. The van der Waals surface area contributed by atoms with Crippen molar-refractivity contribution in [1.29, 1.82) is 0 Å². The van der Waals surface area contributed by atoms with Crippen LogP contribution in [0.3, 0.4) is 0 Å². The molecule has 2 heterocycles. The lowest BCUT2D eigenvalue weighted by Crippen LogP contribution is -2.50. The van der Waals surface area contributed by atoms with Gasteiger partial charge in [-0.2, -0.15) is 0 Å². The van der Waals surface area contributed by atoms with Gasteiger partial charge in [0.2, 0.25) is 5.91 Å². The molecule has 0 aromatic heterocycles. The van der Waals surface area contributed by atoms with Crippen molar-refractivity contribution < 1.29 is 13.9 Å². The molecule has 0 spiro atoms. The normalized spacial score (nSPS) is 25.7. The first-order valence-electron chi connectivity index (χ1n) is 8.32. The van der Waals surface area contributed by atoms with Gasteiger partial charge >= 0.3 is 0 Å². The monoisotopic (exact) mass is 393 g/mol. The van der Waals surface area contributed by atoms with E-state index in [1.54, 1.807) is 6.07 Å². The van der Waals surface area contributed by atoms with E-state index in [-0.39, 0.29) is 54.8 Å². The summed E-state index contributed by atoms with van der Waals surface area (Å²) in [5.41, 5.74) is 6.45. The maximum atomic E-state index is 13.4. The lowest BCUT2D eigenvalue weighted by molar-refractivity contribution is -0.132. The molecule has 2 aliphatic rings.